The maximum atomic E-state index is 13.6. The van der Waals surface area contributed by atoms with Crippen molar-refractivity contribution < 1.29 is 53.3 Å². The number of carbonyl (C=O) groups excluding carboxylic acids is 1. The van der Waals surface area contributed by atoms with Crippen molar-refractivity contribution >= 4 is 16.9 Å². The minimum Gasteiger partial charge on any atom is -0.439 e. The van der Waals surface area contributed by atoms with Crippen LogP contribution < -0.4 is 0 Å². The molecule has 4 rings (SSSR count). The van der Waals surface area contributed by atoms with Crippen molar-refractivity contribution in [1.82, 2.24) is 4.90 Å². The van der Waals surface area contributed by atoms with Crippen LogP contribution in [-0.2, 0) is 40.6 Å². The Morgan fingerprint density at radius 2 is 1.36 bits per heavy atom. The number of hydrogen-bond acceptors (Lipinski definition) is 3. The van der Waals surface area contributed by atoms with E-state index in [1.165, 1.54) is 25.3 Å². The third-order valence-corrected chi connectivity index (χ3v) is 7.85. The van der Waals surface area contributed by atoms with Crippen LogP contribution in [0.5, 0.6) is 0 Å². The number of hydrogen-bond donors (Lipinski definition) is 0. The number of aryl methyl sites for hydroxylation is 1. The number of rotatable bonds is 5. The molecule has 1 aliphatic heterocycles. The summed E-state index contributed by atoms with van der Waals surface area (Å²) in [4.78, 5) is 14.2. The second kappa shape index (κ2) is 10.9. The highest BCUT2D eigenvalue weighted by Gasteiger charge is 2.43. The number of ether oxygens (including phenoxy) is 1. The summed E-state index contributed by atoms with van der Waals surface area (Å²) in [6.07, 6.45) is -16.3. The molecular weight excluding hydrogens is 601 g/mol. The third kappa shape index (κ3) is 6.42. The minimum absolute atomic E-state index is 0.0172. The Hall–Kier alpha value is -3.55. The Morgan fingerprint density at radius 1 is 0.786 bits per heavy atom. The molecular formula is C28H22F9NO3S. The molecule has 1 amide bonds. The normalized spacial score (nSPS) is 18.8. The standard InChI is InChI=1S/C28H22F9NO3S/c1-14-4-6-21(42(3)40)12-23(14)22-7-5-18(26(29,30)31)10-17(22)13-38-15(2)24(41-25(38)39)16-8-19(27(32,33)34)11-20(9-16)28(35,36)37/h4-12,15,24H,13H2,1-3H3/t15-,24-,42?/m0/s1. The van der Waals surface area contributed by atoms with Crippen molar-refractivity contribution in [2.24, 2.45) is 0 Å². The van der Waals surface area contributed by atoms with Gasteiger partial charge in [0.2, 0.25) is 0 Å². The van der Waals surface area contributed by atoms with Gasteiger partial charge in [-0.05, 0) is 84.1 Å². The van der Waals surface area contributed by atoms with Crippen LogP contribution in [0.2, 0.25) is 0 Å². The average Bonchev–Trinajstić information content (AvgIpc) is 3.15. The van der Waals surface area contributed by atoms with Crippen LogP contribution in [-0.4, -0.2) is 27.5 Å². The Labute approximate surface area is 236 Å². The molecule has 0 saturated carbocycles. The second-order valence-electron chi connectivity index (χ2n) is 9.81. The first-order chi connectivity index (χ1) is 19.3. The largest absolute Gasteiger partial charge is 0.439 e. The maximum absolute atomic E-state index is 13.6. The van der Waals surface area contributed by atoms with Gasteiger partial charge in [-0.2, -0.15) is 39.5 Å². The van der Waals surface area contributed by atoms with Gasteiger partial charge in [-0.25, -0.2) is 4.79 Å². The van der Waals surface area contributed by atoms with E-state index >= 15 is 0 Å². The van der Waals surface area contributed by atoms with E-state index in [0.717, 1.165) is 17.0 Å². The SMILES string of the molecule is Cc1ccc(S(C)=O)cc1-c1ccc(C(F)(F)F)cc1CN1C(=O)O[C@H](c2cc(C(F)(F)F)cc(C(F)(F)F)c2)[C@@H]1C. The predicted molar refractivity (Wildman–Crippen MR) is 135 cm³/mol. The number of benzene rings is 3. The minimum atomic E-state index is -5.14. The Bertz CT molecular complexity index is 1510. The molecule has 3 atom stereocenters. The molecule has 1 heterocycles. The molecule has 0 radical (unpaired) electrons. The van der Waals surface area contributed by atoms with E-state index in [1.54, 1.807) is 19.1 Å². The van der Waals surface area contributed by atoms with E-state index in [1.807, 2.05) is 0 Å². The van der Waals surface area contributed by atoms with Gasteiger partial charge in [0, 0.05) is 22.0 Å². The van der Waals surface area contributed by atoms with Crippen LogP contribution in [0, 0.1) is 6.92 Å². The Balaban J connectivity index is 1.78. The number of halogens is 9. The fourth-order valence-electron chi connectivity index (χ4n) is 4.72. The van der Waals surface area contributed by atoms with Crippen LogP contribution in [0.4, 0.5) is 44.3 Å². The van der Waals surface area contributed by atoms with E-state index in [9.17, 15) is 48.5 Å². The van der Waals surface area contributed by atoms with E-state index < -0.39 is 76.4 Å². The number of cyclic esters (lactones) is 1. The quantitative estimate of drug-likeness (QED) is 0.268. The highest BCUT2D eigenvalue weighted by molar-refractivity contribution is 7.84. The summed E-state index contributed by atoms with van der Waals surface area (Å²) >= 11 is 0. The van der Waals surface area contributed by atoms with Gasteiger partial charge < -0.3 is 4.74 Å². The third-order valence-electron chi connectivity index (χ3n) is 6.93. The van der Waals surface area contributed by atoms with Gasteiger partial charge in [0.15, 0.2) is 0 Å². The van der Waals surface area contributed by atoms with Crippen molar-refractivity contribution in [3.8, 4) is 11.1 Å². The van der Waals surface area contributed by atoms with Crippen LogP contribution >= 0.6 is 0 Å². The smallest absolute Gasteiger partial charge is 0.416 e. The Kier molecular flexibility index (Phi) is 8.17. The molecule has 0 N–H and O–H groups in total. The predicted octanol–water partition coefficient (Wildman–Crippen LogP) is 8.54. The summed E-state index contributed by atoms with van der Waals surface area (Å²) < 4.78 is 139. The topological polar surface area (TPSA) is 46.6 Å². The molecule has 0 bridgehead atoms. The number of nitrogens with zero attached hydrogens (tertiary/aromatic N) is 1. The molecule has 1 fully saturated rings. The summed E-state index contributed by atoms with van der Waals surface area (Å²) in [5, 5.41) is 0. The molecule has 3 aromatic carbocycles. The monoisotopic (exact) mass is 623 g/mol. The van der Waals surface area contributed by atoms with E-state index in [2.05, 4.69) is 0 Å². The zero-order chi connectivity index (χ0) is 31.4. The molecule has 1 unspecified atom stereocenters. The molecule has 1 saturated heterocycles. The van der Waals surface area contributed by atoms with Crippen molar-refractivity contribution in [2.75, 3.05) is 6.26 Å². The maximum Gasteiger partial charge on any atom is 0.416 e. The summed E-state index contributed by atoms with van der Waals surface area (Å²) in [5.74, 6) is 0. The van der Waals surface area contributed by atoms with Crippen molar-refractivity contribution in [3.63, 3.8) is 0 Å². The summed E-state index contributed by atoms with van der Waals surface area (Å²) in [7, 11) is -1.43. The van der Waals surface area contributed by atoms with Gasteiger partial charge in [0.25, 0.3) is 0 Å². The zero-order valence-electron chi connectivity index (χ0n) is 22.0. The molecule has 4 nitrogen and oxygen atoms in total. The molecule has 0 aromatic heterocycles. The van der Waals surface area contributed by atoms with Gasteiger partial charge in [-0.3, -0.25) is 9.11 Å². The van der Waals surface area contributed by atoms with Gasteiger partial charge in [0.05, 0.1) is 29.3 Å². The first kappa shape index (κ1) is 31.4. The molecule has 226 valence electrons. The summed E-state index contributed by atoms with van der Waals surface area (Å²) in [6.45, 7) is 2.47. The fourth-order valence-corrected chi connectivity index (χ4v) is 5.26. The van der Waals surface area contributed by atoms with Crippen LogP contribution in [0.15, 0.2) is 59.5 Å². The fraction of sp³-hybridized carbons (Fsp3) is 0.321. The second-order valence-corrected chi connectivity index (χ2v) is 11.2. The zero-order valence-corrected chi connectivity index (χ0v) is 22.9. The first-order valence-electron chi connectivity index (χ1n) is 12.2. The summed E-state index contributed by atoms with van der Waals surface area (Å²) in [5.41, 5.74) is -3.53. The lowest BCUT2D eigenvalue weighted by molar-refractivity contribution is -0.143. The molecule has 3 aromatic rings. The van der Waals surface area contributed by atoms with E-state index in [-0.39, 0.29) is 17.2 Å². The van der Waals surface area contributed by atoms with E-state index in [4.69, 9.17) is 4.74 Å². The molecule has 0 aliphatic carbocycles. The highest BCUT2D eigenvalue weighted by Crippen LogP contribution is 2.42. The van der Waals surface area contributed by atoms with Crippen molar-refractivity contribution in [1.29, 1.82) is 0 Å². The van der Waals surface area contributed by atoms with Gasteiger partial charge in [-0.1, -0.05) is 12.1 Å². The van der Waals surface area contributed by atoms with Crippen LogP contribution in [0.3, 0.4) is 0 Å². The highest BCUT2D eigenvalue weighted by atomic mass is 32.2. The van der Waals surface area contributed by atoms with Crippen LogP contribution in [0.1, 0.15) is 46.4 Å². The van der Waals surface area contributed by atoms with E-state index in [0.29, 0.717) is 28.2 Å². The molecule has 1 aliphatic rings. The van der Waals surface area contributed by atoms with Crippen LogP contribution in [0.25, 0.3) is 11.1 Å². The number of carbonyl (C=O) groups is 1. The van der Waals surface area contributed by atoms with Gasteiger partial charge in [-0.15, -0.1) is 0 Å². The average molecular weight is 624 g/mol. The molecule has 42 heavy (non-hydrogen) atoms. The summed E-state index contributed by atoms with van der Waals surface area (Å²) in [6, 6.07) is 7.26. The lowest BCUT2D eigenvalue weighted by atomic mass is 9.93. The first-order valence-corrected chi connectivity index (χ1v) is 13.7. The molecule has 14 heteroatoms. The van der Waals surface area contributed by atoms with Gasteiger partial charge in [0.1, 0.15) is 6.10 Å². The lowest BCUT2D eigenvalue weighted by Crippen LogP contribution is -2.32. The number of alkyl halides is 9. The molecule has 0 spiro atoms. The van der Waals surface area contributed by atoms with Crippen molar-refractivity contribution in [3.05, 3.63) is 88.0 Å². The lowest BCUT2D eigenvalue weighted by Gasteiger charge is -2.24. The Morgan fingerprint density at radius 3 is 1.88 bits per heavy atom. The van der Waals surface area contributed by atoms with Crippen molar-refractivity contribution in [2.45, 2.75) is 56.0 Å². The number of amides is 1. The van der Waals surface area contributed by atoms with Gasteiger partial charge >= 0.3 is 24.6 Å².